The summed E-state index contributed by atoms with van der Waals surface area (Å²) in [5, 5.41) is 2.60. The number of carbonyl (C=O) groups excluding carboxylic acids is 2. The molecule has 0 spiro atoms. The second-order valence-corrected chi connectivity index (χ2v) is 7.50. The molecule has 1 N–H and O–H groups in total. The molecule has 0 saturated carbocycles. The Morgan fingerprint density at radius 1 is 1.26 bits per heavy atom. The summed E-state index contributed by atoms with van der Waals surface area (Å²) in [5.41, 5.74) is 0.837. The maximum Gasteiger partial charge on any atom is 0.243 e. The van der Waals surface area contributed by atoms with E-state index < -0.39 is 10.0 Å². The van der Waals surface area contributed by atoms with Gasteiger partial charge in [0.2, 0.25) is 21.8 Å². The van der Waals surface area contributed by atoms with E-state index in [1.54, 1.807) is 29.2 Å². The molecular weight excluding hydrogens is 318 g/mol. The standard InChI is InChI=1S/C15H21N3O4S/c1-12(19)16-13-6-5-7-14(10-13)18(23(2,21)22)11-15(20)17-8-3-4-9-17/h5-7,10H,3-4,8-9,11H2,1-2H3,(H,16,19). The number of amides is 2. The molecule has 0 radical (unpaired) electrons. The van der Waals surface area contributed by atoms with Crippen LogP contribution in [0.25, 0.3) is 0 Å². The third kappa shape index (κ3) is 4.69. The maximum atomic E-state index is 12.3. The van der Waals surface area contributed by atoms with Gasteiger partial charge in [-0.2, -0.15) is 0 Å². The first-order valence-corrected chi connectivity index (χ1v) is 9.25. The Morgan fingerprint density at radius 3 is 2.48 bits per heavy atom. The van der Waals surface area contributed by atoms with E-state index in [9.17, 15) is 18.0 Å². The van der Waals surface area contributed by atoms with E-state index >= 15 is 0 Å². The molecule has 23 heavy (non-hydrogen) atoms. The Kier molecular flexibility index (Phi) is 5.25. The number of hydrogen-bond acceptors (Lipinski definition) is 4. The predicted octanol–water partition coefficient (Wildman–Crippen LogP) is 1.03. The molecule has 1 aliphatic heterocycles. The Balaban J connectivity index is 2.25. The third-order valence-electron chi connectivity index (χ3n) is 3.59. The van der Waals surface area contributed by atoms with Gasteiger partial charge < -0.3 is 10.2 Å². The van der Waals surface area contributed by atoms with Crippen LogP contribution < -0.4 is 9.62 Å². The summed E-state index contributed by atoms with van der Waals surface area (Å²) < 4.78 is 25.2. The first-order chi connectivity index (χ1) is 10.8. The molecule has 1 heterocycles. The molecule has 0 atom stereocenters. The Hall–Kier alpha value is -2.09. The van der Waals surface area contributed by atoms with E-state index in [0.717, 1.165) is 23.4 Å². The van der Waals surface area contributed by atoms with Crippen LogP contribution in [0.3, 0.4) is 0 Å². The average molecular weight is 339 g/mol. The molecule has 2 amide bonds. The van der Waals surface area contributed by atoms with Gasteiger partial charge >= 0.3 is 0 Å². The van der Waals surface area contributed by atoms with E-state index in [1.807, 2.05) is 0 Å². The van der Waals surface area contributed by atoms with E-state index in [-0.39, 0.29) is 18.4 Å². The van der Waals surface area contributed by atoms with E-state index in [1.165, 1.54) is 6.92 Å². The molecule has 0 aliphatic carbocycles. The smallest absolute Gasteiger partial charge is 0.243 e. The number of carbonyl (C=O) groups is 2. The molecule has 8 heteroatoms. The van der Waals surface area contributed by atoms with Crippen LogP contribution in [0.2, 0.25) is 0 Å². The van der Waals surface area contributed by atoms with Crippen LogP contribution in [0.15, 0.2) is 24.3 Å². The van der Waals surface area contributed by atoms with Crippen LogP contribution in [-0.4, -0.2) is 51.0 Å². The minimum atomic E-state index is -3.61. The van der Waals surface area contributed by atoms with Crippen molar-refractivity contribution < 1.29 is 18.0 Å². The maximum absolute atomic E-state index is 12.3. The predicted molar refractivity (Wildman–Crippen MR) is 88.7 cm³/mol. The molecule has 0 bridgehead atoms. The third-order valence-corrected chi connectivity index (χ3v) is 4.73. The summed E-state index contributed by atoms with van der Waals surface area (Å²) >= 11 is 0. The number of benzene rings is 1. The van der Waals surface area contributed by atoms with Crippen molar-refractivity contribution in [2.75, 3.05) is 35.5 Å². The van der Waals surface area contributed by atoms with Crippen molar-refractivity contribution in [3.05, 3.63) is 24.3 Å². The quantitative estimate of drug-likeness (QED) is 0.868. The van der Waals surface area contributed by atoms with Gasteiger partial charge in [-0.3, -0.25) is 13.9 Å². The van der Waals surface area contributed by atoms with Crippen molar-refractivity contribution in [2.24, 2.45) is 0 Å². The summed E-state index contributed by atoms with van der Waals surface area (Å²) in [6, 6.07) is 6.44. The summed E-state index contributed by atoms with van der Waals surface area (Å²) in [6.07, 6.45) is 2.96. The van der Waals surface area contributed by atoms with Gasteiger partial charge in [-0.1, -0.05) is 6.07 Å². The SMILES string of the molecule is CC(=O)Nc1cccc(N(CC(=O)N2CCCC2)S(C)(=O)=O)c1. The summed E-state index contributed by atoms with van der Waals surface area (Å²) in [7, 11) is -3.61. The van der Waals surface area contributed by atoms with Crippen LogP contribution in [0.5, 0.6) is 0 Å². The fraction of sp³-hybridized carbons (Fsp3) is 0.467. The first-order valence-electron chi connectivity index (χ1n) is 7.40. The highest BCUT2D eigenvalue weighted by Crippen LogP contribution is 2.22. The fourth-order valence-corrected chi connectivity index (χ4v) is 3.37. The van der Waals surface area contributed by atoms with E-state index in [0.29, 0.717) is 24.5 Å². The molecule has 1 aliphatic rings. The van der Waals surface area contributed by atoms with Gasteiger partial charge in [-0.25, -0.2) is 8.42 Å². The molecule has 0 aromatic heterocycles. The number of sulfonamides is 1. The van der Waals surface area contributed by atoms with Crippen molar-refractivity contribution in [2.45, 2.75) is 19.8 Å². The van der Waals surface area contributed by atoms with Crippen LogP contribution in [0, 0.1) is 0 Å². The van der Waals surface area contributed by atoms with Gasteiger partial charge in [0.1, 0.15) is 6.54 Å². The highest BCUT2D eigenvalue weighted by Gasteiger charge is 2.25. The fourth-order valence-electron chi connectivity index (χ4n) is 2.53. The van der Waals surface area contributed by atoms with Gasteiger partial charge in [0.15, 0.2) is 0 Å². The number of hydrogen-bond donors (Lipinski definition) is 1. The largest absolute Gasteiger partial charge is 0.341 e. The van der Waals surface area contributed by atoms with Crippen molar-refractivity contribution in [1.29, 1.82) is 0 Å². The van der Waals surface area contributed by atoms with Gasteiger partial charge in [-0.15, -0.1) is 0 Å². The van der Waals surface area contributed by atoms with Gasteiger partial charge in [0.05, 0.1) is 11.9 Å². The van der Waals surface area contributed by atoms with Crippen LogP contribution >= 0.6 is 0 Å². The van der Waals surface area contributed by atoms with E-state index in [4.69, 9.17) is 0 Å². The number of rotatable bonds is 5. The first kappa shape index (κ1) is 17.3. The molecule has 1 aromatic carbocycles. The molecule has 1 fully saturated rings. The molecule has 2 rings (SSSR count). The molecule has 1 saturated heterocycles. The van der Waals surface area contributed by atoms with Crippen LogP contribution in [-0.2, 0) is 19.6 Å². The molecule has 0 unspecified atom stereocenters. The lowest BCUT2D eigenvalue weighted by atomic mass is 10.2. The van der Waals surface area contributed by atoms with Crippen LogP contribution in [0.1, 0.15) is 19.8 Å². The lowest BCUT2D eigenvalue weighted by Gasteiger charge is -2.25. The normalized spacial score (nSPS) is 14.6. The highest BCUT2D eigenvalue weighted by atomic mass is 32.2. The molecule has 7 nitrogen and oxygen atoms in total. The average Bonchev–Trinajstić information content (AvgIpc) is 2.97. The molecule has 1 aromatic rings. The van der Waals surface area contributed by atoms with Gasteiger partial charge in [0.25, 0.3) is 0 Å². The monoisotopic (exact) mass is 339 g/mol. The highest BCUT2D eigenvalue weighted by molar-refractivity contribution is 7.92. The number of nitrogens with zero attached hydrogens (tertiary/aromatic N) is 2. The van der Waals surface area contributed by atoms with Crippen molar-refractivity contribution >= 4 is 33.2 Å². The summed E-state index contributed by atoms with van der Waals surface area (Å²) in [5.74, 6) is -0.459. The minimum absolute atomic E-state index is 0.210. The second kappa shape index (κ2) is 6.99. The van der Waals surface area contributed by atoms with E-state index in [2.05, 4.69) is 5.32 Å². The lowest BCUT2D eigenvalue weighted by Crippen LogP contribution is -2.41. The molecular formula is C15H21N3O4S. The Morgan fingerprint density at radius 2 is 1.91 bits per heavy atom. The lowest BCUT2D eigenvalue weighted by molar-refractivity contribution is -0.128. The van der Waals surface area contributed by atoms with Crippen molar-refractivity contribution in [1.82, 2.24) is 4.90 Å². The zero-order chi connectivity index (χ0) is 17.0. The zero-order valence-electron chi connectivity index (χ0n) is 13.3. The van der Waals surface area contributed by atoms with Crippen molar-refractivity contribution in [3.63, 3.8) is 0 Å². The number of likely N-dealkylation sites (tertiary alicyclic amines) is 1. The number of anilines is 2. The minimum Gasteiger partial charge on any atom is -0.341 e. The molecule has 126 valence electrons. The van der Waals surface area contributed by atoms with Crippen LogP contribution in [0.4, 0.5) is 11.4 Å². The second-order valence-electron chi connectivity index (χ2n) is 5.59. The van der Waals surface area contributed by atoms with Gasteiger partial charge in [-0.05, 0) is 31.0 Å². The topological polar surface area (TPSA) is 86.8 Å². The summed E-state index contributed by atoms with van der Waals surface area (Å²) in [6.45, 7) is 2.48. The zero-order valence-corrected chi connectivity index (χ0v) is 14.1. The summed E-state index contributed by atoms with van der Waals surface area (Å²) in [4.78, 5) is 25.1. The Labute approximate surface area is 136 Å². The number of nitrogens with one attached hydrogen (secondary N) is 1. The Bertz CT molecular complexity index is 696. The van der Waals surface area contributed by atoms with Gasteiger partial charge in [0, 0.05) is 25.7 Å². The van der Waals surface area contributed by atoms with Crippen molar-refractivity contribution in [3.8, 4) is 0 Å².